The number of oxazole rings is 1. The second kappa shape index (κ2) is 10.5. The van der Waals surface area contributed by atoms with Gasteiger partial charge < -0.3 is 20.0 Å². The average molecular weight is 564 g/mol. The predicted octanol–water partition coefficient (Wildman–Crippen LogP) is 5.86. The molecule has 5 aromatic rings. The number of nitrogens with one attached hydrogen (secondary N) is 2. The van der Waals surface area contributed by atoms with Gasteiger partial charge in [-0.3, -0.25) is 4.90 Å². The summed E-state index contributed by atoms with van der Waals surface area (Å²) in [5, 5.41) is 9.58. The number of piperazine rings is 1. The standard InChI is InChI=1S/C29H28F3N7O2/c1-18-13-26-24(35-27(41-26)21-16-33-39-8-4-3-5-25(21)39)15-23(18)36-28(40)34-20-7-6-19(22(14-20)29(30,31)32)17-38-11-9-37(2)10-12-38/h3-8,13-16H,9-12,17H2,1-2H3,(H2,34,36,40). The molecule has 0 spiro atoms. The number of aryl methyl sites for hydroxylation is 1. The number of halogens is 3. The molecule has 0 saturated carbocycles. The van der Waals surface area contributed by atoms with E-state index in [0.29, 0.717) is 41.3 Å². The summed E-state index contributed by atoms with van der Waals surface area (Å²) < 4.78 is 49.5. The Morgan fingerprint density at radius 1 is 1.05 bits per heavy atom. The summed E-state index contributed by atoms with van der Waals surface area (Å²) in [6.45, 7) is 5.01. The normalized spacial score (nSPS) is 15.0. The van der Waals surface area contributed by atoms with E-state index in [-0.39, 0.29) is 17.8 Å². The van der Waals surface area contributed by atoms with Gasteiger partial charge >= 0.3 is 12.2 Å². The van der Waals surface area contributed by atoms with Crippen LogP contribution in [0, 0.1) is 6.92 Å². The lowest BCUT2D eigenvalue weighted by atomic mass is 10.0. The van der Waals surface area contributed by atoms with Gasteiger partial charge in [0.1, 0.15) is 5.52 Å². The number of nitrogens with zero attached hydrogens (tertiary/aromatic N) is 5. The minimum absolute atomic E-state index is 0.0486. The minimum Gasteiger partial charge on any atom is -0.436 e. The van der Waals surface area contributed by atoms with Crippen LogP contribution in [0.3, 0.4) is 0 Å². The largest absolute Gasteiger partial charge is 0.436 e. The van der Waals surface area contributed by atoms with Crippen LogP contribution >= 0.6 is 0 Å². The van der Waals surface area contributed by atoms with E-state index in [0.717, 1.165) is 30.2 Å². The van der Waals surface area contributed by atoms with Gasteiger partial charge in [-0.25, -0.2) is 14.3 Å². The van der Waals surface area contributed by atoms with Crippen LogP contribution in [-0.4, -0.2) is 63.7 Å². The molecule has 2 aromatic carbocycles. The molecule has 3 aromatic heterocycles. The van der Waals surface area contributed by atoms with Gasteiger partial charge in [0.2, 0.25) is 5.89 Å². The highest BCUT2D eigenvalue weighted by molar-refractivity contribution is 6.01. The summed E-state index contributed by atoms with van der Waals surface area (Å²) in [5.41, 5.74) is 3.24. The number of amides is 2. The predicted molar refractivity (Wildman–Crippen MR) is 150 cm³/mol. The summed E-state index contributed by atoms with van der Waals surface area (Å²) in [6.07, 6.45) is -1.06. The topological polar surface area (TPSA) is 90.9 Å². The number of rotatable bonds is 5. The SMILES string of the molecule is Cc1cc2oc(-c3cnn4ccccc34)nc2cc1NC(=O)Nc1ccc(CN2CCN(C)CC2)c(C(F)(F)F)c1. The maximum atomic E-state index is 13.9. The summed E-state index contributed by atoms with van der Waals surface area (Å²) in [7, 11) is 2.00. The van der Waals surface area contributed by atoms with Crippen molar-refractivity contribution in [3.8, 4) is 11.5 Å². The molecule has 1 fully saturated rings. The first-order valence-corrected chi connectivity index (χ1v) is 13.2. The third-order valence-corrected chi connectivity index (χ3v) is 7.30. The Balaban J connectivity index is 1.19. The van der Waals surface area contributed by atoms with Crippen LogP contribution in [-0.2, 0) is 12.7 Å². The molecule has 2 N–H and O–H groups in total. The Morgan fingerprint density at radius 2 is 1.85 bits per heavy atom. The zero-order valence-corrected chi connectivity index (χ0v) is 22.5. The molecule has 4 heterocycles. The maximum Gasteiger partial charge on any atom is 0.416 e. The van der Waals surface area contributed by atoms with Crippen molar-refractivity contribution in [3.63, 3.8) is 0 Å². The Labute approximate surface area is 233 Å². The van der Waals surface area contributed by atoms with E-state index in [2.05, 4.69) is 25.6 Å². The second-order valence-electron chi connectivity index (χ2n) is 10.3. The molecule has 0 radical (unpaired) electrons. The van der Waals surface area contributed by atoms with Gasteiger partial charge in [-0.15, -0.1) is 0 Å². The number of hydrogen-bond donors (Lipinski definition) is 2. The van der Waals surface area contributed by atoms with Crippen LogP contribution < -0.4 is 10.6 Å². The summed E-state index contributed by atoms with van der Waals surface area (Å²) in [6, 6.07) is 12.3. The number of fused-ring (bicyclic) bond motifs is 2. The Morgan fingerprint density at radius 3 is 2.63 bits per heavy atom. The summed E-state index contributed by atoms with van der Waals surface area (Å²) in [4.78, 5) is 21.6. The van der Waals surface area contributed by atoms with Gasteiger partial charge in [0.25, 0.3) is 0 Å². The molecule has 1 aliphatic heterocycles. The lowest BCUT2D eigenvalue weighted by Gasteiger charge is -2.33. The molecular weight excluding hydrogens is 535 g/mol. The van der Waals surface area contributed by atoms with Gasteiger partial charge in [0.15, 0.2) is 5.58 Å². The van der Waals surface area contributed by atoms with Crippen molar-refractivity contribution >= 4 is 34.0 Å². The van der Waals surface area contributed by atoms with Gasteiger partial charge in [-0.2, -0.15) is 18.3 Å². The molecule has 1 aliphatic rings. The number of hydrogen-bond acceptors (Lipinski definition) is 6. The van der Waals surface area contributed by atoms with E-state index < -0.39 is 17.8 Å². The first-order chi connectivity index (χ1) is 19.6. The van der Waals surface area contributed by atoms with Crippen molar-refractivity contribution < 1.29 is 22.4 Å². The number of anilines is 2. The first-order valence-electron chi connectivity index (χ1n) is 13.2. The van der Waals surface area contributed by atoms with E-state index in [1.807, 2.05) is 36.3 Å². The molecule has 41 heavy (non-hydrogen) atoms. The third-order valence-electron chi connectivity index (χ3n) is 7.30. The average Bonchev–Trinajstić information content (AvgIpc) is 3.54. The van der Waals surface area contributed by atoms with Crippen LogP contribution in [0.2, 0.25) is 0 Å². The molecule has 6 rings (SSSR count). The highest BCUT2D eigenvalue weighted by Gasteiger charge is 2.34. The van der Waals surface area contributed by atoms with Gasteiger partial charge in [0.05, 0.1) is 22.8 Å². The van der Waals surface area contributed by atoms with Crippen molar-refractivity contribution in [2.45, 2.75) is 19.6 Å². The number of alkyl halides is 3. The number of aromatic nitrogens is 3. The molecule has 1 saturated heterocycles. The highest BCUT2D eigenvalue weighted by Crippen LogP contribution is 2.35. The zero-order chi connectivity index (χ0) is 28.7. The van der Waals surface area contributed by atoms with E-state index in [9.17, 15) is 18.0 Å². The zero-order valence-electron chi connectivity index (χ0n) is 22.5. The van der Waals surface area contributed by atoms with Crippen LogP contribution in [0.15, 0.2) is 65.3 Å². The Bertz CT molecular complexity index is 1740. The van der Waals surface area contributed by atoms with Crippen molar-refractivity contribution in [1.82, 2.24) is 24.4 Å². The molecule has 12 heteroatoms. The fourth-order valence-corrected chi connectivity index (χ4v) is 5.01. The molecule has 0 aliphatic carbocycles. The second-order valence-corrected chi connectivity index (χ2v) is 10.3. The lowest BCUT2D eigenvalue weighted by Crippen LogP contribution is -2.44. The third kappa shape index (κ3) is 5.61. The molecule has 0 atom stereocenters. The molecule has 0 unspecified atom stereocenters. The number of carbonyl (C=O) groups excluding carboxylic acids is 1. The van der Waals surface area contributed by atoms with Crippen molar-refractivity contribution in [1.29, 1.82) is 0 Å². The summed E-state index contributed by atoms with van der Waals surface area (Å²) in [5.74, 6) is 0.388. The monoisotopic (exact) mass is 563 g/mol. The quantitative estimate of drug-likeness (QED) is 0.278. The van der Waals surface area contributed by atoms with Crippen molar-refractivity contribution in [2.24, 2.45) is 0 Å². The van der Waals surface area contributed by atoms with E-state index in [1.54, 1.807) is 29.8 Å². The maximum absolute atomic E-state index is 13.9. The minimum atomic E-state index is -4.55. The Kier molecular flexibility index (Phi) is 6.88. The van der Waals surface area contributed by atoms with E-state index >= 15 is 0 Å². The van der Waals surface area contributed by atoms with E-state index in [4.69, 9.17) is 4.42 Å². The van der Waals surface area contributed by atoms with Crippen LogP contribution in [0.25, 0.3) is 28.1 Å². The highest BCUT2D eigenvalue weighted by atomic mass is 19.4. The number of urea groups is 1. The Hall–Kier alpha value is -4.42. The van der Waals surface area contributed by atoms with Crippen LogP contribution in [0.4, 0.5) is 29.3 Å². The first kappa shape index (κ1) is 26.8. The number of pyridine rings is 1. The molecule has 0 bridgehead atoms. The molecule has 212 valence electrons. The number of benzene rings is 2. The molecule has 2 amide bonds. The van der Waals surface area contributed by atoms with Crippen molar-refractivity contribution in [2.75, 3.05) is 43.9 Å². The van der Waals surface area contributed by atoms with Crippen molar-refractivity contribution in [3.05, 3.63) is 77.6 Å². The van der Waals surface area contributed by atoms with Crippen LogP contribution in [0.5, 0.6) is 0 Å². The fraction of sp³-hybridized carbons (Fsp3) is 0.276. The summed E-state index contributed by atoms with van der Waals surface area (Å²) >= 11 is 0. The van der Waals surface area contributed by atoms with Crippen LogP contribution in [0.1, 0.15) is 16.7 Å². The lowest BCUT2D eigenvalue weighted by molar-refractivity contribution is -0.138. The molecular formula is C29H28F3N7O2. The van der Waals surface area contributed by atoms with Gasteiger partial charge in [-0.1, -0.05) is 12.1 Å². The molecule has 9 nitrogen and oxygen atoms in total. The van der Waals surface area contributed by atoms with Gasteiger partial charge in [-0.05, 0) is 61.5 Å². The smallest absolute Gasteiger partial charge is 0.416 e. The fourth-order valence-electron chi connectivity index (χ4n) is 5.01. The number of likely N-dealkylation sites (N-methyl/N-ethyl adjacent to an activating group) is 1. The number of carbonyl (C=O) groups is 1. The van der Waals surface area contributed by atoms with E-state index in [1.165, 1.54) is 12.1 Å². The van der Waals surface area contributed by atoms with Gasteiger partial charge in [0, 0.05) is 50.3 Å².